The quantitative estimate of drug-likeness (QED) is 0.829. The van der Waals surface area contributed by atoms with E-state index in [4.69, 9.17) is 22.5 Å². The molecule has 110 valence electrons. The molecule has 2 N–H and O–H groups in total. The Balaban J connectivity index is 1.94. The Morgan fingerprint density at radius 3 is 2.60 bits per heavy atom. The molecule has 1 fully saturated rings. The maximum absolute atomic E-state index is 12.2. The van der Waals surface area contributed by atoms with Crippen molar-refractivity contribution in [2.75, 3.05) is 26.2 Å². The van der Waals surface area contributed by atoms with Crippen molar-refractivity contribution in [3.05, 3.63) is 17.5 Å². The van der Waals surface area contributed by atoms with Crippen LogP contribution in [0, 0.1) is 6.92 Å². The van der Waals surface area contributed by atoms with Gasteiger partial charge >= 0.3 is 0 Å². The number of nitrogens with two attached hydrogens (primary N) is 1. The second-order valence-electron chi connectivity index (χ2n) is 4.98. The van der Waals surface area contributed by atoms with Gasteiger partial charge in [-0.3, -0.25) is 9.69 Å². The highest BCUT2D eigenvalue weighted by Gasteiger charge is 2.28. The Kier molecular flexibility index (Phi) is 4.72. The van der Waals surface area contributed by atoms with Gasteiger partial charge in [-0.25, -0.2) is 0 Å². The van der Waals surface area contributed by atoms with Crippen molar-refractivity contribution in [3.63, 3.8) is 0 Å². The first-order valence-electron chi connectivity index (χ1n) is 6.79. The molecule has 1 unspecified atom stereocenters. The summed E-state index contributed by atoms with van der Waals surface area (Å²) in [6.07, 6.45) is 0.895. The predicted octanol–water partition coefficient (Wildman–Crippen LogP) is 0.806. The molecule has 20 heavy (non-hydrogen) atoms. The van der Waals surface area contributed by atoms with Gasteiger partial charge in [0.15, 0.2) is 5.69 Å². The predicted molar refractivity (Wildman–Crippen MR) is 79.6 cm³/mol. The summed E-state index contributed by atoms with van der Waals surface area (Å²) < 4.78 is 4.94. The summed E-state index contributed by atoms with van der Waals surface area (Å²) in [5, 5.41) is 3.77. The Bertz CT molecular complexity index is 494. The molecule has 1 atom stereocenters. The molecular formula is C13H20N4O2S. The van der Waals surface area contributed by atoms with E-state index in [2.05, 4.69) is 17.0 Å². The highest BCUT2D eigenvalue weighted by atomic mass is 32.1. The summed E-state index contributed by atoms with van der Waals surface area (Å²) in [5.41, 5.74) is 6.13. The monoisotopic (exact) mass is 296 g/mol. The summed E-state index contributed by atoms with van der Waals surface area (Å²) in [6, 6.07) is 1.79. The van der Waals surface area contributed by atoms with Gasteiger partial charge in [0.25, 0.3) is 5.91 Å². The molecule has 6 nitrogen and oxygen atoms in total. The minimum Gasteiger partial charge on any atom is -0.392 e. The average Bonchev–Trinajstić information content (AvgIpc) is 2.86. The van der Waals surface area contributed by atoms with Crippen LogP contribution in [0.2, 0.25) is 0 Å². The molecule has 1 saturated heterocycles. The van der Waals surface area contributed by atoms with Gasteiger partial charge in [-0.2, -0.15) is 0 Å². The third kappa shape index (κ3) is 3.16. The first-order valence-corrected chi connectivity index (χ1v) is 7.19. The smallest absolute Gasteiger partial charge is 0.276 e. The van der Waals surface area contributed by atoms with Crippen molar-refractivity contribution in [2.45, 2.75) is 26.3 Å². The summed E-state index contributed by atoms with van der Waals surface area (Å²) >= 11 is 5.09. The lowest BCUT2D eigenvalue weighted by Gasteiger charge is -2.38. The number of carbonyl (C=O) groups excluding carboxylic acids is 1. The molecule has 2 heterocycles. The molecule has 0 spiro atoms. The minimum absolute atomic E-state index is 0.0788. The Morgan fingerprint density at radius 1 is 1.50 bits per heavy atom. The molecule has 0 bridgehead atoms. The van der Waals surface area contributed by atoms with Crippen LogP contribution in [0.4, 0.5) is 0 Å². The SMILES string of the molecule is CCC(C(N)=S)N1CCN(C(=O)c2cc(C)on2)CC1. The summed E-state index contributed by atoms with van der Waals surface area (Å²) in [6.45, 7) is 6.71. The summed E-state index contributed by atoms with van der Waals surface area (Å²) in [5.74, 6) is 0.566. The zero-order chi connectivity index (χ0) is 14.7. The number of aromatic nitrogens is 1. The summed E-state index contributed by atoms with van der Waals surface area (Å²) in [4.78, 5) is 16.8. The molecule has 0 aromatic carbocycles. The van der Waals surface area contributed by atoms with Crippen molar-refractivity contribution < 1.29 is 9.32 Å². The van der Waals surface area contributed by atoms with Crippen LogP contribution in [0.1, 0.15) is 29.6 Å². The number of aryl methyl sites for hydroxylation is 1. The number of carbonyl (C=O) groups is 1. The molecule has 0 radical (unpaired) electrons. The lowest BCUT2D eigenvalue weighted by molar-refractivity contribution is 0.0602. The second-order valence-corrected chi connectivity index (χ2v) is 5.45. The van der Waals surface area contributed by atoms with E-state index < -0.39 is 0 Å². The van der Waals surface area contributed by atoms with Crippen molar-refractivity contribution in [3.8, 4) is 0 Å². The van der Waals surface area contributed by atoms with Gasteiger partial charge in [-0.1, -0.05) is 24.3 Å². The number of piperazine rings is 1. The second kappa shape index (κ2) is 6.32. The maximum atomic E-state index is 12.2. The molecule has 2 rings (SSSR count). The summed E-state index contributed by atoms with van der Waals surface area (Å²) in [7, 11) is 0. The van der Waals surface area contributed by atoms with Crippen molar-refractivity contribution in [1.82, 2.24) is 15.0 Å². The third-order valence-electron chi connectivity index (χ3n) is 3.60. The Labute approximate surface area is 123 Å². The first kappa shape index (κ1) is 14.9. The standard InChI is InChI=1S/C13H20N4O2S/c1-3-11(12(14)20)16-4-6-17(7-5-16)13(18)10-8-9(2)19-15-10/h8,11H,3-7H2,1-2H3,(H2,14,20). The van der Waals surface area contributed by atoms with E-state index in [1.807, 2.05) is 0 Å². The van der Waals surface area contributed by atoms with Crippen LogP contribution < -0.4 is 5.73 Å². The van der Waals surface area contributed by atoms with Crippen LogP contribution in [0.3, 0.4) is 0 Å². The van der Waals surface area contributed by atoms with E-state index in [1.165, 1.54) is 0 Å². The van der Waals surface area contributed by atoms with Crippen LogP contribution in [0.25, 0.3) is 0 Å². The topological polar surface area (TPSA) is 75.6 Å². The highest BCUT2D eigenvalue weighted by molar-refractivity contribution is 7.80. The molecular weight excluding hydrogens is 276 g/mol. The minimum atomic E-state index is -0.0788. The molecule has 1 aromatic heterocycles. The maximum Gasteiger partial charge on any atom is 0.276 e. The van der Waals surface area contributed by atoms with Crippen LogP contribution in [-0.4, -0.2) is 58.1 Å². The lowest BCUT2D eigenvalue weighted by Crippen LogP contribution is -2.54. The van der Waals surface area contributed by atoms with Crippen LogP contribution in [0.15, 0.2) is 10.6 Å². The molecule has 0 aliphatic carbocycles. The fraction of sp³-hybridized carbons (Fsp3) is 0.615. The number of nitrogens with zero attached hydrogens (tertiary/aromatic N) is 3. The highest BCUT2D eigenvalue weighted by Crippen LogP contribution is 2.13. The molecule has 7 heteroatoms. The number of hydrogen-bond acceptors (Lipinski definition) is 5. The molecule has 0 saturated carbocycles. The fourth-order valence-corrected chi connectivity index (χ4v) is 2.82. The lowest BCUT2D eigenvalue weighted by atomic mass is 10.1. The zero-order valence-electron chi connectivity index (χ0n) is 11.8. The van der Waals surface area contributed by atoms with Gasteiger partial charge in [0.1, 0.15) is 5.76 Å². The van der Waals surface area contributed by atoms with E-state index in [9.17, 15) is 4.79 Å². The normalized spacial score (nSPS) is 18.0. The van der Waals surface area contributed by atoms with E-state index in [-0.39, 0.29) is 11.9 Å². The van der Waals surface area contributed by atoms with Gasteiger partial charge in [-0.15, -0.1) is 0 Å². The van der Waals surface area contributed by atoms with E-state index in [0.29, 0.717) is 29.5 Å². The van der Waals surface area contributed by atoms with Gasteiger partial charge in [0.05, 0.1) is 11.0 Å². The number of thiocarbonyl (C=S) groups is 1. The third-order valence-corrected chi connectivity index (χ3v) is 3.88. The van der Waals surface area contributed by atoms with Gasteiger partial charge < -0.3 is 15.2 Å². The molecule has 1 amide bonds. The van der Waals surface area contributed by atoms with Gasteiger partial charge in [0, 0.05) is 32.2 Å². The van der Waals surface area contributed by atoms with Crippen LogP contribution in [-0.2, 0) is 0 Å². The van der Waals surface area contributed by atoms with Crippen molar-refractivity contribution in [1.29, 1.82) is 0 Å². The van der Waals surface area contributed by atoms with Gasteiger partial charge in [0.2, 0.25) is 0 Å². The molecule has 1 aliphatic heterocycles. The van der Waals surface area contributed by atoms with Crippen molar-refractivity contribution >= 4 is 23.1 Å². The molecule has 1 aliphatic rings. The number of hydrogen-bond donors (Lipinski definition) is 1. The zero-order valence-corrected chi connectivity index (χ0v) is 12.7. The van der Waals surface area contributed by atoms with E-state index in [0.717, 1.165) is 19.5 Å². The van der Waals surface area contributed by atoms with Gasteiger partial charge in [-0.05, 0) is 13.3 Å². The largest absolute Gasteiger partial charge is 0.392 e. The fourth-order valence-electron chi connectivity index (χ4n) is 2.51. The number of rotatable bonds is 4. The first-order chi connectivity index (χ1) is 9.52. The van der Waals surface area contributed by atoms with Crippen molar-refractivity contribution in [2.24, 2.45) is 5.73 Å². The van der Waals surface area contributed by atoms with Crippen LogP contribution >= 0.6 is 12.2 Å². The van der Waals surface area contributed by atoms with E-state index >= 15 is 0 Å². The number of amides is 1. The Morgan fingerprint density at radius 2 is 2.15 bits per heavy atom. The Hall–Kier alpha value is -1.47. The molecule has 1 aromatic rings. The van der Waals surface area contributed by atoms with Crippen LogP contribution in [0.5, 0.6) is 0 Å². The van der Waals surface area contributed by atoms with E-state index in [1.54, 1.807) is 17.9 Å². The average molecular weight is 296 g/mol.